The highest BCUT2D eigenvalue weighted by Crippen LogP contribution is 2.31. The largest absolute Gasteiger partial charge is 0.487 e. The van der Waals surface area contributed by atoms with Crippen LogP contribution < -0.4 is 4.74 Å². The molecule has 0 saturated carbocycles. The number of aryl methyl sites for hydroxylation is 1. The number of hydrogen-bond acceptors (Lipinski definition) is 5. The first-order valence-electron chi connectivity index (χ1n) is 9.69. The summed E-state index contributed by atoms with van der Waals surface area (Å²) in [5, 5.41) is 15.6. The van der Waals surface area contributed by atoms with E-state index < -0.39 is 11.9 Å². The maximum Gasteiger partial charge on any atom is 0.328 e. The van der Waals surface area contributed by atoms with Crippen LogP contribution in [-0.4, -0.2) is 45.4 Å². The monoisotopic (exact) mass is 444 g/mol. The van der Waals surface area contributed by atoms with Crippen molar-refractivity contribution in [1.29, 1.82) is 0 Å². The summed E-state index contributed by atoms with van der Waals surface area (Å²) in [4.78, 5) is 23.6. The lowest BCUT2D eigenvalue weighted by atomic mass is 10.2. The number of nitrogens with zero attached hydrogens (tertiary/aromatic N) is 2. The average molecular weight is 444 g/mol. The molecule has 3 rings (SSSR count). The first-order valence-corrected chi connectivity index (χ1v) is 9.69. The standard InChI is InChI=1S/C19H21FN2O2.C4H4O4/c1-13-14(2)22(10-11-23-3)19-17(8-9-21-18(13)19)24-12-15-4-6-16(20)7-5-15;5-3(6)1-2-4(7)8/h4-9H,10-12H2,1-3H3;1-2H,(H,5,6)(H,7,8)/b;2-1-. The molecule has 9 heteroatoms. The van der Waals surface area contributed by atoms with Crippen LogP contribution in [0.5, 0.6) is 5.75 Å². The fourth-order valence-electron chi connectivity index (χ4n) is 2.98. The first-order chi connectivity index (χ1) is 15.2. The van der Waals surface area contributed by atoms with Crippen LogP contribution in [0.4, 0.5) is 4.39 Å². The molecule has 0 bridgehead atoms. The Labute approximate surface area is 184 Å². The van der Waals surface area contributed by atoms with Crippen LogP contribution in [0.2, 0.25) is 0 Å². The summed E-state index contributed by atoms with van der Waals surface area (Å²) in [5.41, 5.74) is 5.15. The first kappa shape index (κ1) is 24.5. The Balaban J connectivity index is 0.000000390. The maximum atomic E-state index is 13.0. The molecular formula is C23H25FN2O6. The van der Waals surface area contributed by atoms with E-state index in [1.807, 2.05) is 6.07 Å². The summed E-state index contributed by atoms with van der Waals surface area (Å²) in [6.45, 7) is 5.89. The molecule has 0 radical (unpaired) electrons. The van der Waals surface area contributed by atoms with Gasteiger partial charge in [-0.05, 0) is 37.1 Å². The van der Waals surface area contributed by atoms with Crippen molar-refractivity contribution in [2.75, 3.05) is 13.7 Å². The molecule has 0 spiro atoms. The van der Waals surface area contributed by atoms with Gasteiger partial charge in [0.05, 0.1) is 12.1 Å². The molecule has 170 valence electrons. The van der Waals surface area contributed by atoms with Crippen molar-refractivity contribution in [2.24, 2.45) is 0 Å². The number of carbonyl (C=O) groups is 2. The summed E-state index contributed by atoms with van der Waals surface area (Å²) in [7, 11) is 1.69. The average Bonchev–Trinajstić information content (AvgIpc) is 3.01. The third kappa shape index (κ3) is 6.64. The summed E-state index contributed by atoms with van der Waals surface area (Å²) in [5.74, 6) is -1.99. The number of aliphatic carboxylic acids is 2. The number of carboxylic acid groups (broad SMARTS) is 2. The smallest absolute Gasteiger partial charge is 0.328 e. The normalized spacial score (nSPS) is 10.8. The number of aromatic nitrogens is 2. The second-order valence-electron chi connectivity index (χ2n) is 6.79. The van der Waals surface area contributed by atoms with Crippen LogP contribution in [0.15, 0.2) is 48.7 Å². The zero-order valence-corrected chi connectivity index (χ0v) is 18.0. The molecule has 0 fully saturated rings. The Morgan fingerprint density at radius 3 is 2.28 bits per heavy atom. The lowest BCUT2D eigenvalue weighted by Gasteiger charge is -2.12. The second kappa shape index (κ2) is 11.6. The van der Waals surface area contributed by atoms with Crippen LogP contribution >= 0.6 is 0 Å². The van der Waals surface area contributed by atoms with Crippen molar-refractivity contribution in [3.05, 3.63) is 71.3 Å². The summed E-state index contributed by atoms with van der Waals surface area (Å²) >= 11 is 0. The van der Waals surface area contributed by atoms with E-state index >= 15 is 0 Å². The van der Waals surface area contributed by atoms with Crippen LogP contribution in [0.25, 0.3) is 11.0 Å². The Bertz CT molecular complexity index is 1090. The zero-order chi connectivity index (χ0) is 23.7. The van der Waals surface area contributed by atoms with E-state index in [0.29, 0.717) is 25.4 Å². The molecule has 0 atom stereocenters. The summed E-state index contributed by atoms with van der Waals surface area (Å²) in [6, 6.07) is 8.21. The third-order valence-corrected chi connectivity index (χ3v) is 4.66. The fraction of sp³-hybridized carbons (Fsp3) is 0.261. The van der Waals surface area contributed by atoms with E-state index in [1.165, 1.54) is 12.1 Å². The molecule has 3 aromatic rings. The van der Waals surface area contributed by atoms with Crippen LogP contribution in [0.1, 0.15) is 16.8 Å². The highest BCUT2D eigenvalue weighted by Gasteiger charge is 2.16. The number of halogens is 1. The van der Waals surface area contributed by atoms with E-state index in [2.05, 4.69) is 23.4 Å². The van der Waals surface area contributed by atoms with Crippen LogP contribution in [0.3, 0.4) is 0 Å². The minimum absolute atomic E-state index is 0.246. The van der Waals surface area contributed by atoms with E-state index in [0.717, 1.165) is 40.1 Å². The predicted molar refractivity (Wildman–Crippen MR) is 116 cm³/mol. The Hall–Kier alpha value is -3.72. The number of methoxy groups -OCH3 is 1. The van der Waals surface area contributed by atoms with Gasteiger partial charge < -0.3 is 24.3 Å². The molecule has 0 aliphatic carbocycles. The highest BCUT2D eigenvalue weighted by molar-refractivity contribution is 5.89. The second-order valence-corrected chi connectivity index (χ2v) is 6.79. The van der Waals surface area contributed by atoms with E-state index in [1.54, 1.807) is 25.4 Å². The Kier molecular flexibility index (Phi) is 8.91. The van der Waals surface area contributed by atoms with Gasteiger partial charge in [0.1, 0.15) is 23.7 Å². The molecule has 2 aromatic heterocycles. The quantitative estimate of drug-likeness (QED) is 0.509. The number of hydrogen-bond donors (Lipinski definition) is 2. The molecule has 0 aliphatic rings. The van der Waals surface area contributed by atoms with E-state index in [-0.39, 0.29) is 5.82 Å². The minimum Gasteiger partial charge on any atom is -0.487 e. The van der Waals surface area contributed by atoms with Gasteiger partial charge in [-0.3, -0.25) is 4.98 Å². The highest BCUT2D eigenvalue weighted by atomic mass is 19.1. The lowest BCUT2D eigenvalue weighted by molar-refractivity contribution is -0.134. The number of fused-ring (bicyclic) bond motifs is 1. The number of rotatable bonds is 8. The topological polar surface area (TPSA) is 111 Å². The van der Waals surface area contributed by atoms with Crippen molar-refractivity contribution in [1.82, 2.24) is 9.55 Å². The molecule has 0 aliphatic heterocycles. The fourth-order valence-corrected chi connectivity index (χ4v) is 2.98. The lowest BCUT2D eigenvalue weighted by Crippen LogP contribution is -2.07. The van der Waals surface area contributed by atoms with Crippen molar-refractivity contribution < 1.29 is 33.7 Å². The zero-order valence-electron chi connectivity index (χ0n) is 18.0. The number of benzene rings is 1. The molecule has 0 unspecified atom stereocenters. The number of ether oxygens (including phenoxy) is 2. The molecule has 2 heterocycles. The number of pyridine rings is 1. The van der Waals surface area contributed by atoms with Crippen molar-refractivity contribution in [3.63, 3.8) is 0 Å². The van der Waals surface area contributed by atoms with Gasteiger partial charge in [0.2, 0.25) is 0 Å². The summed E-state index contributed by atoms with van der Waals surface area (Å²) < 4.78 is 26.4. The van der Waals surface area contributed by atoms with Crippen molar-refractivity contribution in [2.45, 2.75) is 27.0 Å². The molecule has 8 nitrogen and oxygen atoms in total. The van der Waals surface area contributed by atoms with Crippen LogP contribution in [-0.2, 0) is 27.5 Å². The molecule has 32 heavy (non-hydrogen) atoms. The maximum absolute atomic E-state index is 13.0. The minimum atomic E-state index is -1.26. The molecule has 2 N–H and O–H groups in total. The van der Waals surface area contributed by atoms with E-state index in [4.69, 9.17) is 19.7 Å². The third-order valence-electron chi connectivity index (χ3n) is 4.66. The van der Waals surface area contributed by atoms with Gasteiger partial charge in [0.25, 0.3) is 0 Å². The Morgan fingerprint density at radius 2 is 1.72 bits per heavy atom. The molecule has 0 saturated heterocycles. The van der Waals surface area contributed by atoms with Gasteiger partial charge >= 0.3 is 11.9 Å². The van der Waals surface area contributed by atoms with Gasteiger partial charge in [-0.1, -0.05) is 12.1 Å². The van der Waals surface area contributed by atoms with E-state index in [9.17, 15) is 14.0 Å². The molecule has 0 amide bonds. The van der Waals surface area contributed by atoms with Gasteiger partial charge in [-0.15, -0.1) is 0 Å². The van der Waals surface area contributed by atoms with Gasteiger partial charge in [-0.2, -0.15) is 0 Å². The number of carboxylic acids is 2. The molecular weight excluding hydrogens is 419 g/mol. The van der Waals surface area contributed by atoms with Crippen molar-refractivity contribution in [3.8, 4) is 5.75 Å². The molecule has 1 aromatic carbocycles. The Morgan fingerprint density at radius 1 is 1.09 bits per heavy atom. The van der Waals surface area contributed by atoms with Gasteiger partial charge in [-0.25, -0.2) is 14.0 Å². The van der Waals surface area contributed by atoms with Gasteiger partial charge in [0.15, 0.2) is 0 Å². The summed E-state index contributed by atoms with van der Waals surface area (Å²) in [6.07, 6.45) is 2.88. The SMILES string of the molecule is COCCn1c(C)c(C)c2nccc(OCc3ccc(F)cc3)c21.O=C(O)/C=C\C(=O)O. The van der Waals surface area contributed by atoms with Crippen molar-refractivity contribution >= 4 is 23.0 Å². The van der Waals surface area contributed by atoms with Crippen LogP contribution in [0, 0.1) is 19.7 Å². The van der Waals surface area contributed by atoms with Gasteiger partial charge in [0, 0.05) is 43.8 Å². The predicted octanol–water partition coefficient (Wildman–Crippen LogP) is 3.73.